The molecular weight excluding hydrogens is 513 g/mol. The summed E-state index contributed by atoms with van der Waals surface area (Å²) in [7, 11) is -1.79. The quantitative estimate of drug-likeness (QED) is 0.435. The highest BCUT2D eigenvalue weighted by Gasteiger charge is 2.34. The maximum absolute atomic E-state index is 13.6. The minimum atomic E-state index is -4.74. The fraction of sp³-hybridized carbons (Fsp3) is 0.100. The van der Waals surface area contributed by atoms with E-state index in [1.165, 1.54) is 12.3 Å². The molecular formula is C20H18BrF3N4O3S. The first kappa shape index (κ1) is 25.3. The fourth-order valence-corrected chi connectivity index (χ4v) is 4.18. The number of benzene rings is 2. The molecule has 1 atom stereocenters. The van der Waals surface area contributed by atoms with Crippen molar-refractivity contribution in [2.45, 2.75) is 17.6 Å². The van der Waals surface area contributed by atoms with Crippen molar-refractivity contribution in [2.75, 3.05) is 10.0 Å². The van der Waals surface area contributed by atoms with Gasteiger partial charge in [0.25, 0.3) is 0 Å². The first-order chi connectivity index (χ1) is 14.7. The summed E-state index contributed by atoms with van der Waals surface area (Å²) in [6, 6.07) is 12.5. The van der Waals surface area contributed by atoms with Crippen LogP contribution in [0.3, 0.4) is 0 Å². The number of carbonyl (C=O) groups is 1. The third-order valence-electron chi connectivity index (χ3n) is 4.00. The predicted molar refractivity (Wildman–Crippen MR) is 119 cm³/mol. The molecule has 170 valence electrons. The second-order valence-electron chi connectivity index (χ2n) is 6.23. The van der Waals surface area contributed by atoms with Crippen LogP contribution in [0.25, 0.3) is 0 Å². The summed E-state index contributed by atoms with van der Waals surface area (Å²) in [5, 5.41) is 4.68. The van der Waals surface area contributed by atoms with Gasteiger partial charge in [-0.2, -0.15) is 13.2 Å². The molecule has 7 nitrogen and oxygen atoms in total. The third kappa shape index (κ3) is 6.77. The predicted octanol–water partition coefficient (Wildman–Crippen LogP) is 4.49. The molecule has 0 aliphatic heterocycles. The van der Waals surface area contributed by atoms with Gasteiger partial charge in [0, 0.05) is 29.1 Å². The standard InChI is InChI=1S/C20H16BrF3N4O2S.H2O/c21-16-5-1-2-6-18(16)31(30)28-14-7-8-17(15(10-14)20(22,23)24)27-19(29)26-12-13-4-3-9-25-11-13;/h1-11,28H,12H2,(H2,26,27,29);1H2. The van der Waals surface area contributed by atoms with Gasteiger partial charge < -0.3 is 20.8 Å². The molecule has 0 spiro atoms. The van der Waals surface area contributed by atoms with Crippen LogP contribution in [0.5, 0.6) is 0 Å². The normalized spacial score (nSPS) is 11.8. The van der Waals surface area contributed by atoms with E-state index in [1.54, 1.807) is 42.6 Å². The lowest BCUT2D eigenvalue weighted by molar-refractivity contribution is -0.136. The maximum Gasteiger partial charge on any atom is 0.418 e. The minimum absolute atomic E-state index is 0. The summed E-state index contributed by atoms with van der Waals surface area (Å²) in [4.78, 5) is 16.4. The Balaban J connectivity index is 0.00000363. The summed E-state index contributed by atoms with van der Waals surface area (Å²) in [5.74, 6) is 0. The van der Waals surface area contributed by atoms with E-state index in [2.05, 4.69) is 36.3 Å². The molecule has 0 fully saturated rings. The lowest BCUT2D eigenvalue weighted by atomic mass is 10.1. The van der Waals surface area contributed by atoms with Crippen molar-refractivity contribution in [1.82, 2.24) is 10.3 Å². The smallest absolute Gasteiger partial charge is 0.412 e. The number of carbonyl (C=O) groups excluding carboxylic acids is 1. The van der Waals surface area contributed by atoms with Crippen molar-refractivity contribution >= 4 is 44.3 Å². The Bertz CT molecular complexity index is 1100. The van der Waals surface area contributed by atoms with E-state index in [-0.39, 0.29) is 17.7 Å². The Morgan fingerprint density at radius 1 is 1.09 bits per heavy atom. The van der Waals surface area contributed by atoms with Crippen molar-refractivity contribution in [1.29, 1.82) is 0 Å². The first-order valence-electron chi connectivity index (χ1n) is 8.82. The third-order valence-corrected chi connectivity index (χ3v) is 6.13. The summed E-state index contributed by atoms with van der Waals surface area (Å²) < 4.78 is 56.3. The fourth-order valence-electron chi connectivity index (χ4n) is 2.56. The van der Waals surface area contributed by atoms with Crippen LogP contribution in [0, 0.1) is 0 Å². The number of anilines is 2. The number of aromatic nitrogens is 1. The second-order valence-corrected chi connectivity index (χ2v) is 8.26. The molecule has 0 saturated heterocycles. The van der Waals surface area contributed by atoms with E-state index in [0.29, 0.717) is 14.9 Å². The molecule has 0 bridgehead atoms. The lowest BCUT2D eigenvalue weighted by Gasteiger charge is -2.16. The molecule has 2 amide bonds. The highest BCUT2D eigenvalue weighted by molar-refractivity contribution is 9.10. The molecule has 5 N–H and O–H groups in total. The SMILES string of the molecule is O.O=C(NCc1cccnc1)Nc1ccc(NS(=O)c2ccccc2Br)cc1C(F)(F)F. The Labute approximate surface area is 192 Å². The van der Waals surface area contributed by atoms with E-state index in [4.69, 9.17) is 0 Å². The largest absolute Gasteiger partial charge is 0.418 e. The van der Waals surface area contributed by atoms with Gasteiger partial charge in [0.1, 0.15) is 0 Å². The van der Waals surface area contributed by atoms with Crippen molar-refractivity contribution in [3.63, 3.8) is 0 Å². The number of amides is 2. The van der Waals surface area contributed by atoms with Crippen LogP contribution in [0.2, 0.25) is 0 Å². The van der Waals surface area contributed by atoms with Crippen LogP contribution in [0.15, 0.2) is 76.4 Å². The van der Waals surface area contributed by atoms with Crippen LogP contribution >= 0.6 is 15.9 Å². The van der Waals surface area contributed by atoms with Crippen molar-refractivity contribution in [3.8, 4) is 0 Å². The summed E-state index contributed by atoms with van der Waals surface area (Å²) in [5.41, 5.74) is -0.808. The number of pyridine rings is 1. The Morgan fingerprint density at radius 2 is 1.84 bits per heavy atom. The van der Waals surface area contributed by atoms with Crippen LogP contribution in [0.1, 0.15) is 11.1 Å². The van der Waals surface area contributed by atoms with E-state index >= 15 is 0 Å². The maximum atomic E-state index is 13.6. The molecule has 2 aromatic carbocycles. The zero-order chi connectivity index (χ0) is 22.4. The number of hydrogen-bond acceptors (Lipinski definition) is 3. The topological polar surface area (TPSA) is 115 Å². The highest BCUT2D eigenvalue weighted by atomic mass is 79.9. The molecule has 0 aliphatic carbocycles. The second kappa shape index (κ2) is 11.1. The van der Waals surface area contributed by atoms with E-state index in [9.17, 15) is 22.2 Å². The minimum Gasteiger partial charge on any atom is -0.412 e. The Hall–Kier alpha value is -2.96. The summed E-state index contributed by atoms with van der Waals surface area (Å²) in [6.07, 6.45) is -1.64. The highest BCUT2D eigenvalue weighted by Crippen LogP contribution is 2.37. The van der Waals surface area contributed by atoms with Gasteiger partial charge in [-0.05, 0) is 57.9 Å². The van der Waals surface area contributed by atoms with Gasteiger partial charge in [-0.25, -0.2) is 9.00 Å². The number of urea groups is 1. The monoisotopic (exact) mass is 530 g/mol. The number of hydrogen-bond donors (Lipinski definition) is 3. The molecule has 1 unspecified atom stereocenters. The van der Waals surface area contributed by atoms with Gasteiger partial charge in [0.05, 0.1) is 16.1 Å². The van der Waals surface area contributed by atoms with Gasteiger partial charge in [-0.3, -0.25) is 4.98 Å². The van der Waals surface area contributed by atoms with Crippen LogP contribution in [0.4, 0.5) is 29.3 Å². The Kier molecular flexibility index (Phi) is 8.75. The van der Waals surface area contributed by atoms with Crippen LogP contribution in [-0.4, -0.2) is 20.7 Å². The molecule has 0 saturated carbocycles. The summed E-state index contributed by atoms with van der Waals surface area (Å²) >= 11 is 3.26. The molecule has 3 aromatic rings. The molecule has 32 heavy (non-hydrogen) atoms. The van der Waals surface area contributed by atoms with E-state index in [1.807, 2.05) is 0 Å². The van der Waals surface area contributed by atoms with E-state index in [0.717, 1.165) is 12.1 Å². The molecule has 0 radical (unpaired) electrons. The van der Waals surface area contributed by atoms with Crippen molar-refractivity contribution in [2.24, 2.45) is 0 Å². The number of alkyl halides is 3. The number of nitrogens with zero attached hydrogens (tertiary/aromatic N) is 1. The lowest BCUT2D eigenvalue weighted by Crippen LogP contribution is -2.29. The average Bonchev–Trinajstić information content (AvgIpc) is 2.73. The van der Waals surface area contributed by atoms with Gasteiger partial charge in [0.15, 0.2) is 11.0 Å². The number of nitrogens with one attached hydrogen (secondary N) is 3. The van der Waals surface area contributed by atoms with Gasteiger partial charge in [0.2, 0.25) is 0 Å². The molecule has 0 aliphatic rings. The van der Waals surface area contributed by atoms with Crippen molar-refractivity contribution in [3.05, 3.63) is 82.6 Å². The summed E-state index contributed by atoms with van der Waals surface area (Å²) in [6.45, 7) is 0.103. The Morgan fingerprint density at radius 3 is 2.50 bits per heavy atom. The first-order valence-corrected chi connectivity index (χ1v) is 10.8. The average molecular weight is 531 g/mol. The zero-order valence-electron chi connectivity index (χ0n) is 16.2. The molecule has 3 rings (SSSR count). The molecule has 12 heteroatoms. The molecule has 1 heterocycles. The van der Waals surface area contributed by atoms with Crippen molar-refractivity contribution < 1.29 is 27.7 Å². The zero-order valence-corrected chi connectivity index (χ0v) is 18.6. The van der Waals surface area contributed by atoms with Crippen LogP contribution < -0.4 is 15.4 Å². The molecule has 1 aromatic heterocycles. The van der Waals surface area contributed by atoms with E-state index < -0.39 is 34.4 Å². The number of halogens is 4. The van der Waals surface area contributed by atoms with Gasteiger partial charge >= 0.3 is 12.2 Å². The van der Waals surface area contributed by atoms with Crippen LogP contribution in [-0.2, 0) is 23.7 Å². The van der Waals surface area contributed by atoms with Gasteiger partial charge in [-0.15, -0.1) is 0 Å². The van der Waals surface area contributed by atoms with Gasteiger partial charge in [-0.1, -0.05) is 18.2 Å². The number of rotatable bonds is 6.